The van der Waals surface area contributed by atoms with Gasteiger partial charge < -0.3 is 10.2 Å². The van der Waals surface area contributed by atoms with Gasteiger partial charge in [-0.25, -0.2) is 13.6 Å². The Bertz CT molecular complexity index is 1220. The number of nitrogens with zero attached hydrogens (tertiary/aromatic N) is 3. The Balaban J connectivity index is 0.000000603. The van der Waals surface area contributed by atoms with Crippen molar-refractivity contribution in [1.29, 1.82) is 0 Å². The zero-order valence-electron chi connectivity index (χ0n) is 19.8. The molecule has 1 saturated heterocycles. The van der Waals surface area contributed by atoms with Crippen molar-refractivity contribution in [3.63, 3.8) is 0 Å². The van der Waals surface area contributed by atoms with Crippen LogP contribution in [-0.2, 0) is 6.54 Å². The van der Waals surface area contributed by atoms with Crippen molar-refractivity contribution < 1.29 is 8.78 Å². The van der Waals surface area contributed by atoms with Gasteiger partial charge >= 0.3 is 5.69 Å². The number of aromatic nitrogens is 2. The van der Waals surface area contributed by atoms with Crippen molar-refractivity contribution in [2.45, 2.75) is 25.3 Å². The SMILES string of the molecule is CC.CSC.O=c1nc(N2CCNCC2)c2cc(Cl)c(-c3ccc(F)cc3F)c3c2n1CCS3. The molecule has 0 spiro atoms. The minimum absolute atomic E-state index is 0.224. The summed E-state index contributed by atoms with van der Waals surface area (Å²) in [6, 6.07) is 5.21. The first kappa shape index (κ1) is 26.8. The molecule has 1 aromatic heterocycles. The van der Waals surface area contributed by atoms with Crippen LogP contribution in [0, 0.1) is 11.6 Å². The molecule has 10 heteroatoms. The molecular formula is C24H29ClF2N4OS2. The minimum Gasteiger partial charge on any atom is -0.353 e. The molecule has 5 nitrogen and oxygen atoms in total. The molecule has 34 heavy (non-hydrogen) atoms. The van der Waals surface area contributed by atoms with Crippen LogP contribution < -0.4 is 15.9 Å². The molecule has 3 heterocycles. The Hall–Kier alpha value is -1.81. The van der Waals surface area contributed by atoms with E-state index in [4.69, 9.17) is 11.6 Å². The number of rotatable bonds is 2. The highest BCUT2D eigenvalue weighted by Crippen LogP contribution is 2.46. The van der Waals surface area contributed by atoms with Crippen LogP contribution in [0.15, 0.2) is 34.0 Å². The zero-order valence-corrected chi connectivity index (χ0v) is 22.1. The summed E-state index contributed by atoms with van der Waals surface area (Å²) < 4.78 is 29.7. The maximum absolute atomic E-state index is 14.6. The summed E-state index contributed by atoms with van der Waals surface area (Å²) in [5.74, 6) is -0.0719. The largest absolute Gasteiger partial charge is 0.353 e. The van der Waals surface area contributed by atoms with Crippen molar-refractivity contribution >= 4 is 51.8 Å². The normalized spacial score (nSPS) is 14.7. The first-order valence-corrected chi connectivity index (χ1v) is 14.2. The van der Waals surface area contributed by atoms with Crippen LogP contribution >= 0.6 is 35.1 Å². The second-order valence-corrected chi connectivity index (χ2v) is 9.78. The fraction of sp³-hybridized carbons (Fsp3) is 0.417. The highest BCUT2D eigenvalue weighted by atomic mass is 35.5. The number of hydrogen-bond acceptors (Lipinski definition) is 6. The summed E-state index contributed by atoms with van der Waals surface area (Å²) in [5, 5.41) is 4.43. The fourth-order valence-electron chi connectivity index (χ4n) is 4.01. The molecule has 184 valence electrons. The van der Waals surface area contributed by atoms with Crippen molar-refractivity contribution in [2.75, 3.05) is 49.3 Å². The lowest BCUT2D eigenvalue weighted by molar-refractivity contribution is 0.583. The van der Waals surface area contributed by atoms with E-state index in [0.717, 1.165) is 48.0 Å². The lowest BCUT2D eigenvalue weighted by atomic mass is 10.0. The third-order valence-corrected chi connectivity index (χ3v) is 6.70. The van der Waals surface area contributed by atoms with E-state index in [9.17, 15) is 13.6 Å². The van der Waals surface area contributed by atoms with E-state index in [1.807, 2.05) is 26.4 Å². The molecule has 0 bridgehead atoms. The third-order valence-electron chi connectivity index (χ3n) is 5.33. The van der Waals surface area contributed by atoms with Gasteiger partial charge in [-0.3, -0.25) is 4.57 Å². The number of nitrogens with one attached hydrogen (secondary N) is 1. The van der Waals surface area contributed by atoms with Gasteiger partial charge in [0.05, 0.1) is 10.5 Å². The lowest BCUT2D eigenvalue weighted by Gasteiger charge is -2.31. The summed E-state index contributed by atoms with van der Waals surface area (Å²) in [7, 11) is 0. The molecule has 2 aromatic carbocycles. The molecule has 0 atom stereocenters. The number of anilines is 1. The lowest BCUT2D eigenvalue weighted by Crippen LogP contribution is -2.45. The average molecular weight is 527 g/mol. The van der Waals surface area contributed by atoms with Crippen LogP contribution in [-0.4, -0.2) is 54.0 Å². The second kappa shape index (κ2) is 12.2. The summed E-state index contributed by atoms with van der Waals surface area (Å²) in [6.45, 7) is 7.61. The quantitative estimate of drug-likeness (QED) is 0.475. The van der Waals surface area contributed by atoms with E-state index in [2.05, 4.69) is 15.2 Å². The standard InChI is InChI=1S/C20H17ClF2N4OS.C2H6S.C2H6/c21-14-10-13-17-18(16(14)12-2-1-11(22)9-15(12)23)29-8-7-27(17)20(28)25-19(13)26-5-3-24-4-6-26;1-3-2;1-2/h1-2,9-10,24H,3-8H2;1-2H3;1-2H3. The Morgan fingerprint density at radius 3 is 2.44 bits per heavy atom. The molecule has 0 saturated carbocycles. The van der Waals surface area contributed by atoms with Crippen LogP contribution in [0.3, 0.4) is 0 Å². The first-order valence-electron chi connectivity index (χ1n) is 11.2. The highest BCUT2D eigenvalue weighted by molar-refractivity contribution is 7.99. The molecular weight excluding hydrogens is 498 g/mol. The van der Waals surface area contributed by atoms with Gasteiger partial charge in [-0.2, -0.15) is 16.7 Å². The van der Waals surface area contributed by atoms with E-state index >= 15 is 0 Å². The Labute approximate surface area is 212 Å². The number of aryl methyl sites for hydroxylation is 1. The van der Waals surface area contributed by atoms with Gasteiger partial charge in [0.1, 0.15) is 17.5 Å². The predicted octanol–water partition coefficient (Wildman–Crippen LogP) is 5.52. The summed E-state index contributed by atoms with van der Waals surface area (Å²) in [5.41, 5.74) is 1.12. The van der Waals surface area contributed by atoms with Crippen LogP contribution in [0.2, 0.25) is 5.02 Å². The van der Waals surface area contributed by atoms with Crippen molar-refractivity contribution in [3.8, 4) is 11.1 Å². The smallest absolute Gasteiger partial charge is 0.350 e. The predicted molar refractivity (Wildman–Crippen MR) is 143 cm³/mol. The number of halogens is 3. The molecule has 2 aliphatic rings. The van der Waals surface area contributed by atoms with Gasteiger partial charge in [0.25, 0.3) is 0 Å². The van der Waals surface area contributed by atoms with E-state index in [1.165, 1.54) is 23.9 Å². The maximum Gasteiger partial charge on any atom is 0.350 e. The second-order valence-electron chi connectivity index (χ2n) is 7.45. The number of piperazine rings is 1. The molecule has 3 aromatic rings. The molecule has 2 aliphatic heterocycles. The molecule has 0 aliphatic carbocycles. The Kier molecular flexibility index (Phi) is 9.65. The third kappa shape index (κ3) is 5.37. The van der Waals surface area contributed by atoms with Crippen molar-refractivity contribution in [1.82, 2.24) is 14.9 Å². The molecule has 0 radical (unpaired) electrons. The van der Waals surface area contributed by atoms with Gasteiger partial charge in [0.2, 0.25) is 0 Å². The van der Waals surface area contributed by atoms with E-state index in [-0.39, 0.29) is 11.3 Å². The van der Waals surface area contributed by atoms with Gasteiger partial charge in [-0.05, 0) is 30.7 Å². The van der Waals surface area contributed by atoms with Crippen LogP contribution in [0.1, 0.15) is 13.8 Å². The average Bonchev–Trinajstić information content (AvgIpc) is 2.84. The first-order chi connectivity index (χ1) is 16.5. The Morgan fingerprint density at radius 2 is 1.79 bits per heavy atom. The van der Waals surface area contributed by atoms with E-state index < -0.39 is 11.6 Å². The van der Waals surface area contributed by atoms with Crippen LogP contribution in [0.4, 0.5) is 14.6 Å². The van der Waals surface area contributed by atoms with E-state index in [1.54, 1.807) is 22.4 Å². The van der Waals surface area contributed by atoms with Crippen molar-refractivity contribution in [3.05, 3.63) is 51.4 Å². The highest BCUT2D eigenvalue weighted by Gasteiger charge is 2.27. The van der Waals surface area contributed by atoms with Gasteiger partial charge in [-0.1, -0.05) is 25.4 Å². The maximum atomic E-state index is 14.6. The Morgan fingerprint density at radius 1 is 1.12 bits per heavy atom. The van der Waals surface area contributed by atoms with Gasteiger partial charge in [-0.15, -0.1) is 11.8 Å². The monoisotopic (exact) mass is 526 g/mol. The summed E-state index contributed by atoms with van der Waals surface area (Å²) in [6.07, 6.45) is 4.08. The molecule has 0 unspecified atom stereocenters. The molecule has 1 fully saturated rings. The summed E-state index contributed by atoms with van der Waals surface area (Å²) in [4.78, 5) is 20.0. The topological polar surface area (TPSA) is 50.2 Å². The zero-order chi connectivity index (χ0) is 24.8. The fourth-order valence-corrected chi connectivity index (χ4v) is 5.57. The summed E-state index contributed by atoms with van der Waals surface area (Å²) >= 11 is 9.92. The number of hydrogen-bond donors (Lipinski definition) is 1. The van der Waals surface area contributed by atoms with Crippen LogP contribution in [0.25, 0.3) is 22.0 Å². The molecule has 1 N–H and O–H groups in total. The number of thioether (sulfide) groups is 2. The number of benzene rings is 2. The molecule has 5 rings (SSSR count). The minimum atomic E-state index is -0.682. The molecule has 0 amide bonds. The van der Waals surface area contributed by atoms with E-state index in [0.29, 0.717) is 28.7 Å². The van der Waals surface area contributed by atoms with Gasteiger partial charge in [0, 0.05) is 66.0 Å². The van der Waals surface area contributed by atoms with Gasteiger partial charge in [0.15, 0.2) is 0 Å². The van der Waals surface area contributed by atoms with Crippen molar-refractivity contribution in [2.24, 2.45) is 0 Å². The van der Waals surface area contributed by atoms with Crippen LogP contribution in [0.5, 0.6) is 0 Å².